The van der Waals surface area contributed by atoms with Gasteiger partial charge in [0.2, 0.25) is 0 Å². The van der Waals surface area contributed by atoms with Gasteiger partial charge < -0.3 is 14.9 Å². The largest absolute Gasteiger partial charge is 0.481 e. The first-order valence-electron chi connectivity index (χ1n) is 6.48. The molecule has 0 saturated carbocycles. The molecule has 0 aromatic heterocycles. The highest BCUT2D eigenvalue weighted by Crippen LogP contribution is 2.05. The quantitative estimate of drug-likeness (QED) is 0.518. The molecule has 0 rings (SSSR count). The normalized spacial score (nSPS) is 12.6. The van der Waals surface area contributed by atoms with Gasteiger partial charge in [-0.3, -0.25) is 4.79 Å². The number of hydrogen-bond acceptors (Lipinski definition) is 3. The van der Waals surface area contributed by atoms with Gasteiger partial charge in [0.15, 0.2) is 0 Å². The molecule has 0 aliphatic rings. The maximum Gasteiger partial charge on any atom is 0.307 e. The van der Waals surface area contributed by atoms with E-state index in [0.717, 1.165) is 19.3 Å². The number of aliphatic hydroxyl groups is 1. The van der Waals surface area contributed by atoms with Crippen LogP contribution in [0.4, 0.5) is 0 Å². The Bertz CT molecular complexity index is 182. The number of carbonyl (C=O) groups is 1. The molecule has 0 aliphatic carbocycles. The lowest BCUT2D eigenvalue weighted by Crippen LogP contribution is -2.17. The van der Waals surface area contributed by atoms with E-state index in [9.17, 15) is 9.90 Å². The zero-order valence-electron chi connectivity index (χ0n) is 10.7. The van der Waals surface area contributed by atoms with Gasteiger partial charge in [-0.05, 0) is 12.8 Å². The second kappa shape index (κ2) is 11.9. The highest BCUT2D eigenvalue weighted by Gasteiger charge is 2.07. The summed E-state index contributed by atoms with van der Waals surface area (Å²) in [6, 6.07) is 0. The van der Waals surface area contributed by atoms with Crippen molar-refractivity contribution in [3.63, 3.8) is 0 Å². The standard InChI is InChI=1S/C13H25O4/c1-2-3-4-5-6-7-10-17-11-12(14)8-9-13(15)16/h9,12,14H,2-8,10-11H2,1H3,(H,15,16). The average Bonchev–Trinajstić information content (AvgIpc) is 2.30. The molecule has 4 heteroatoms. The molecule has 4 nitrogen and oxygen atoms in total. The van der Waals surface area contributed by atoms with Crippen molar-refractivity contribution in [3.8, 4) is 0 Å². The van der Waals surface area contributed by atoms with E-state index in [1.165, 1.54) is 25.7 Å². The lowest BCUT2D eigenvalue weighted by atomic mass is 10.1. The third-order valence-electron chi connectivity index (χ3n) is 2.52. The number of rotatable bonds is 12. The van der Waals surface area contributed by atoms with Crippen molar-refractivity contribution in [2.24, 2.45) is 0 Å². The maximum absolute atomic E-state index is 10.2. The fraction of sp³-hybridized carbons (Fsp3) is 0.846. The molecule has 1 radical (unpaired) electrons. The summed E-state index contributed by atoms with van der Waals surface area (Å²) in [4.78, 5) is 10.2. The third-order valence-corrected chi connectivity index (χ3v) is 2.52. The van der Waals surface area contributed by atoms with Gasteiger partial charge >= 0.3 is 5.97 Å². The Labute approximate surface area is 104 Å². The average molecular weight is 245 g/mol. The molecule has 0 bridgehead atoms. The van der Waals surface area contributed by atoms with Crippen LogP contribution in [0.2, 0.25) is 0 Å². The van der Waals surface area contributed by atoms with Crippen LogP contribution in [-0.2, 0) is 9.53 Å². The molecular weight excluding hydrogens is 220 g/mol. The Kier molecular flexibility index (Phi) is 11.4. The molecule has 1 atom stereocenters. The molecule has 0 aromatic rings. The molecule has 1 unspecified atom stereocenters. The van der Waals surface area contributed by atoms with E-state index in [0.29, 0.717) is 6.61 Å². The molecule has 2 N–H and O–H groups in total. The summed E-state index contributed by atoms with van der Waals surface area (Å²) in [6.07, 6.45) is 7.75. The van der Waals surface area contributed by atoms with E-state index in [1.807, 2.05) is 0 Å². The van der Waals surface area contributed by atoms with E-state index < -0.39 is 12.1 Å². The predicted molar refractivity (Wildman–Crippen MR) is 66.8 cm³/mol. The van der Waals surface area contributed by atoms with Crippen LogP contribution in [0.1, 0.15) is 51.9 Å². The molecule has 0 fully saturated rings. The van der Waals surface area contributed by atoms with Crippen LogP contribution >= 0.6 is 0 Å². The summed E-state index contributed by atoms with van der Waals surface area (Å²) in [7, 11) is 0. The van der Waals surface area contributed by atoms with E-state index >= 15 is 0 Å². The minimum atomic E-state index is -1.00. The van der Waals surface area contributed by atoms with Crippen molar-refractivity contribution in [3.05, 3.63) is 6.42 Å². The number of carboxylic acid groups (broad SMARTS) is 1. The molecule has 0 aromatic carbocycles. The van der Waals surface area contributed by atoms with Gasteiger partial charge in [0.05, 0.1) is 19.1 Å². The molecule has 0 aliphatic heterocycles. The van der Waals surface area contributed by atoms with Crippen molar-refractivity contribution in [1.29, 1.82) is 0 Å². The minimum absolute atomic E-state index is 0.145. The van der Waals surface area contributed by atoms with Crippen molar-refractivity contribution in [2.75, 3.05) is 13.2 Å². The van der Waals surface area contributed by atoms with Gasteiger partial charge in [0, 0.05) is 6.61 Å². The lowest BCUT2D eigenvalue weighted by molar-refractivity contribution is -0.133. The Morgan fingerprint density at radius 2 is 1.88 bits per heavy atom. The smallest absolute Gasteiger partial charge is 0.307 e. The summed E-state index contributed by atoms with van der Waals surface area (Å²) in [5.41, 5.74) is 0. The van der Waals surface area contributed by atoms with Gasteiger partial charge in [0.1, 0.15) is 0 Å². The first-order valence-corrected chi connectivity index (χ1v) is 6.48. The second-order valence-electron chi connectivity index (χ2n) is 4.27. The van der Waals surface area contributed by atoms with Crippen LogP contribution in [0.5, 0.6) is 0 Å². The van der Waals surface area contributed by atoms with Gasteiger partial charge in [-0.15, -0.1) is 0 Å². The summed E-state index contributed by atoms with van der Waals surface area (Å²) in [5.74, 6) is -1.00. The lowest BCUT2D eigenvalue weighted by Gasteiger charge is -2.09. The van der Waals surface area contributed by atoms with Crippen LogP contribution in [0, 0.1) is 6.42 Å². The minimum Gasteiger partial charge on any atom is -0.481 e. The number of hydrogen-bond donors (Lipinski definition) is 2. The molecule has 17 heavy (non-hydrogen) atoms. The maximum atomic E-state index is 10.2. The van der Waals surface area contributed by atoms with Crippen molar-refractivity contribution < 1.29 is 19.7 Å². The van der Waals surface area contributed by atoms with Crippen molar-refractivity contribution in [1.82, 2.24) is 0 Å². The second-order valence-corrected chi connectivity index (χ2v) is 4.27. The van der Waals surface area contributed by atoms with Crippen LogP contribution in [0.15, 0.2) is 0 Å². The number of aliphatic carboxylic acids is 1. The molecule has 0 spiro atoms. The van der Waals surface area contributed by atoms with Gasteiger partial charge in [-0.25, -0.2) is 0 Å². The van der Waals surface area contributed by atoms with Gasteiger partial charge in [0.25, 0.3) is 0 Å². The molecular formula is C13H25O4. The number of carboxylic acids is 1. The van der Waals surface area contributed by atoms with E-state index in [1.54, 1.807) is 0 Å². The van der Waals surface area contributed by atoms with Crippen molar-refractivity contribution >= 4 is 5.97 Å². The summed E-state index contributed by atoms with van der Waals surface area (Å²) >= 11 is 0. The highest BCUT2D eigenvalue weighted by atomic mass is 16.5. The van der Waals surface area contributed by atoms with Crippen LogP contribution in [-0.4, -0.2) is 35.5 Å². The van der Waals surface area contributed by atoms with E-state index in [-0.39, 0.29) is 13.0 Å². The van der Waals surface area contributed by atoms with Gasteiger partial charge in [-0.1, -0.05) is 39.0 Å². The topological polar surface area (TPSA) is 66.8 Å². The number of unbranched alkanes of at least 4 members (excludes halogenated alkanes) is 5. The Morgan fingerprint density at radius 1 is 1.24 bits per heavy atom. The fourth-order valence-electron chi connectivity index (χ4n) is 1.51. The third kappa shape index (κ3) is 13.3. The van der Waals surface area contributed by atoms with E-state index in [2.05, 4.69) is 6.92 Å². The Morgan fingerprint density at radius 3 is 2.53 bits per heavy atom. The summed E-state index contributed by atoms with van der Waals surface area (Å²) in [5, 5.41) is 17.7. The molecule has 0 amide bonds. The van der Waals surface area contributed by atoms with Crippen LogP contribution in [0.25, 0.3) is 0 Å². The first kappa shape index (κ1) is 16.4. The molecule has 101 valence electrons. The number of aliphatic hydroxyl groups excluding tert-OH is 1. The van der Waals surface area contributed by atoms with E-state index in [4.69, 9.17) is 9.84 Å². The van der Waals surface area contributed by atoms with Gasteiger partial charge in [-0.2, -0.15) is 0 Å². The molecule has 0 saturated heterocycles. The number of ether oxygens (including phenoxy) is 1. The SMILES string of the molecule is CCCCCCCCOCC(O)C[CH]C(=O)O. The zero-order chi connectivity index (χ0) is 12.9. The zero-order valence-corrected chi connectivity index (χ0v) is 10.7. The molecule has 0 heterocycles. The van der Waals surface area contributed by atoms with Crippen LogP contribution in [0.3, 0.4) is 0 Å². The fourth-order valence-corrected chi connectivity index (χ4v) is 1.51. The van der Waals surface area contributed by atoms with Crippen LogP contribution < -0.4 is 0 Å². The highest BCUT2D eigenvalue weighted by molar-refractivity contribution is 5.76. The monoisotopic (exact) mass is 245 g/mol. The first-order chi connectivity index (χ1) is 8.16. The Hall–Kier alpha value is -0.610. The predicted octanol–water partition coefficient (Wildman–Crippen LogP) is 2.40. The Balaban J connectivity index is 3.13. The summed E-state index contributed by atoms with van der Waals surface area (Å²) < 4.78 is 5.27. The summed E-state index contributed by atoms with van der Waals surface area (Å²) in [6.45, 7) is 3.06. The van der Waals surface area contributed by atoms with Crippen molar-refractivity contribution in [2.45, 2.75) is 58.0 Å².